The normalized spacial score (nSPS) is 18.7. The summed E-state index contributed by atoms with van der Waals surface area (Å²) in [5, 5.41) is 2.93. The minimum atomic E-state index is -0.496. The summed E-state index contributed by atoms with van der Waals surface area (Å²) in [5.74, 6) is 0.329. The van der Waals surface area contributed by atoms with Crippen LogP contribution in [0.25, 0.3) is 0 Å². The Bertz CT molecular complexity index is 925. The van der Waals surface area contributed by atoms with E-state index in [0.29, 0.717) is 37.5 Å². The largest absolute Gasteiger partial charge is 0.353 e. The number of hydrogen-bond donors (Lipinski definition) is 2. The van der Waals surface area contributed by atoms with Gasteiger partial charge in [-0.05, 0) is 56.9 Å². The summed E-state index contributed by atoms with van der Waals surface area (Å²) < 4.78 is 0. The van der Waals surface area contributed by atoms with Crippen LogP contribution in [0.3, 0.4) is 0 Å². The van der Waals surface area contributed by atoms with Gasteiger partial charge in [-0.3, -0.25) is 14.5 Å². The van der Waals surface area contributed by atoms with E-state index in [1.54, 1.807) is 4.90 Å². The van der Waals surface area contributed by atoms with Gasteiger partial charge in [-0.15, -0.1) is 11.3 Å². The van der Waals surface area contributed by atoms with E-state index < -0.39 is 6.04 Å². The summed E-state index contributed by atoms with van der Waals surface area (Å²) >= 11 is 1.83. The number of hydrogen-bond acceptors (Lipinski definition) is 5. The molecule has 33 heavy (non-hydrogen) atoms. The fourth-order valence-corrected chi connectivity index (χ4v) is 5.44. The van der Waals surface area contributed by atoms with Crippen molar-refractivity contribution < 1.29 is 9.59 Å². The van der Waals surface area contributed by atoms with E-state index >= 15 is 0 Å². The molecule has 0 bridgehead atoms. The smallest absolute Gasteiger partial charge is 0.254 e. The van der Waals surface area contributed by atoms with Crippen LogP contribution in [0.5, 0.6) is 0 Å². The van der Waals surface area contributed by atoms with Crippen molar-refractivity contribution in [1.82, 2.24) is 15.1 Å². The maximum atomic E-state index is 13.4. The molecule has 2 amide bonds. The van der Waals surface area contributed by atoms with Gasteiger partial charge >= 0.3 is 0 Å². The zero-order valence-electron chi connectivity index (χ0n) is 20.3. The van der Waals surface area contributed by atoms with Crippen LogP contribution in [0.2, 0.25) is 0 Å². The van der Waals surface area contributed by atoms with Crippen LogP contribution in [0, 0.1) is 19.8 Å². The van der Waals surface area contributed by atoms with Crippen LogP contribution in [-0.2, 0) is 11.3 Å². The SMILES string of the molecule is Cc1ccc(C(=O)N2CCC(N(Cc3ccc(C)s3)CC(C)C)C[C@@H]2C(=O)NCCN)cc1. The Morgan fingerprint density at radius 3 is 2.52 bits per heavy atom. The summed E-state index contributed by atoms with van der Waals surface area (Å²) in [6.45, 7) is 11.8. The molecule has 1 aromatic heterocycles. The molecule has 0 radical (unpaired) electrons. The van der Waals surface area contributed by atoms with E-state index in [1.807, 2.05) is 42.5 Å². The number of aryl methyl sites for hydroxylation is 2. The molecule has 1 aliphatic rings. The van der Waals surface area contributed by atoms with Gasteiger partial charge in [0.2, 0.25) is 5.91 Å². The van der Waals surface area contributed by atoms with Gasteiger partial charge in [0.15, 0.2) is 0 Å². The molecule has 0 spiro atoms. The third kappa shape index (κ3) is 6.88. The van der Waals surface area contributed by atoms with E-state index in [0.717, 1.165) is 25.1 Å². The Kier molecular flexibility index (Phi) is 9.06. The molecule has 1 fully saturated rings. The van der Waals surface area contributed by atoms with Crippen LogP contribution < -0.4 is 11.1 Å². The Morgan fingerprint density at radius 2 is 1.91 bits per heavy atom. The van der Waals surface area contributed by atoms with Crippen molar-refractivity contribution in [2.24, 2.45) is 11.7 Å². The Balaban J connectivity index is 1.81. The quantitative estimate of drug-likeness (QED) is 0.587. The molecule has 1 aromatic carbocycles. The van der Waals surface area contributed by atoms with Crippen molar-refractivity contribution in [1.29, 1.82) is 0 Å². The van der Waals surface area contributed by atoms with Gasteiger partial charge in [-0.1, -0.05) is 31.5 Å². The van der Waals surface area contributed by atoms with E-state index in [-0.39, 0.29) is 17.9 Å². The number of piperidine rings is 1. The molecule has 6 nitrogen and oxygen atoms in total. The number of rotatable bonds is 9. The van der Waals surface area contributed by atoms with Crippen molar-refractivity contribution in [2.75, 3.05) is 26.2 Å². The van der Waals surface area contributed by atoms with Crippen molar-refractivity contribution in [2.45, 2.75) is 59.2 Å². The lowest BCUT2D eigenvalue weighted by atomic mass is 9.93. The number of nitrogens with zero attached hydrogens (tertiary/aromatic N) is 2. The summed E-state index contributed by atoms with van der Waals surface area (Å²) in [5.41, 5.74) is 7.36. The van der Waals surface area contributed by atoms with Gasteiger partial charge in [0.05, 0.1) is 0 Å². The predicted octanol–water partition coefficient (Wildman–Crippen LogP) is 3.57. The molecule has 2 aromatic rings. The molecule has 0 aliphatic carbocycles. The summed E-state index contributed by atoms with van der Waals surface area (Å²) in [7, 11) is 0. The second-order valence-corrected chi connectivity index (χ2v) is 10.8. The Labute approximate surface area is 202 Å². The fourth-order valence-electron chi connectivity index (χ4n) is 4.53. The number of thiophene rings is 1. The minimum Gasteiger partial charge on any atom is -0.353 e. The lowest BCUT2D eigenvalue weighted by Gasteiger charge is -2.43. The summed E-state index contributed by atoms with van der Waals surface area (Å²) in [6, 6.07) is 11.7. The highest BCUT2D eigenvalue weighted by molar-refractivity contribution is 7.11. The van der Waals surface area contributed by atoms with Gasteiger partial charge in [-0.25, -0.2) is 0 Å². The van der Waals surface area contributed by atoms with Crippen molar-refractivity contribution >= 4 is 23.2 Å². The molecule has 1 aliphatic heterocycles. The number of nitrogens with one attached hydrogen (secondary N) is 1. The summed E-state index contributed by atoms with van der Waals surface area (Å²) in [4.78, 5) is 33.4. The summed E-state index contributed by atoms with van der Waals surface area (Å²) in [6.07, 6.45) is 1.49. The molecule has 0 saturated carbocycles. The van der Waals surface area contributed by atoms with Gasteiger partial charge in [0, 0.05) is 54.1 Å². The lowest BCUT2D eigenvalue weighted by molar-refractivity contribution is -0.127. The van der Waals surface area contributed by atoms with Crippen molar-refractivity contribution in [3.8, 4) is 0 Å². The Morgan fingerprint density at radius 1 is 1.18 bits per heavy atom. The minimum absolute atomic E-state index is 0.0781. The molecule has 1 saturated heterocycles. The van der Waals surface area contributed by atoms with E-state index in [1.165, 1.54) is 9.75 Å². The zero-order valence-corrected chi connectivity index (χ0v) is 21.2. The third-order valence-corrected chi connectivity index (χ3v) is 7.14. The average Bonchev–Trinajstić information content (AvgIpc) is 3.21. The van der Waals surface area contributed by atoms with Gasteiger partial charge < -0.3 is 16.0 Å². The Hall–Kier alpha value is -2.22. The topological polar surface area (TPSA) is 78.7 Å². The first kappa shape index (κ1) is 25.4. The van der Waals surface area contributed by atoms with E-state index in [2.05, 4.69) is 43.1 Å². The van der Waals surface area contributed by atoms with Gasteiger partial charge in [-0.2, -0.15) is 0 Å². The molecule has 2 heterocycles. The standard InChI is InChI=1S/C26H38N4O2S/c1-18(2)16-29(17-23-10-7-20(4)33-23)22-11-14-30(24(15-22)25(31)28-13-12-27)26(32)21-8-5-19(3)6-9-21/h5-10,18,22,24H,11-17,27H2,1-4H3,(H,28,31)/t22?,24-/m1/s1. The van der Waals surface area contributed by atoms with Crippen LogP contribution in [0.15, 0.2) is 36.4 Å². The highest BCUT2D eigenvalue weighted by Gasteiger charge is 2.38. The molecule has 180 valence electrons. The average molecular weight is 471 g/mol. The lowest BCUT2D eigenvalue weighted by Crippen LogP contribution is -2.57. The second kappa shape index (κ2) is 11.8. The first-order valence-electron chi connectivity index (χ1n) is 11.9. The fraction of sp³-hybridized carbons (Fsp3) is 0.538. The third-order valence-electron chi connectivity index (χ3n) is 6.15. The highest BCUT2D eigenvalue weighted by Crippen LogP contribution is 2.28. The van der Waals surface area contributed by atoms with Gasteiger partial charge in [0.25, 0.3) is 5.91 Å². The van der Waals surface area contributed by atoms with Gasteiger partial charge in [0.1, 0.15) is 6.04 Å². The number of amides is 2. The molecule has 7 heteroatoms. The number of benzene rings is 1. The highest BCUT2D eigenvalue weighted by atomic mass is 32.1. The maximum Gasteiger partial charge on any atom is 0.254 e. The van der Waals surface area contributed by atoms with Crippen LogP contribution in [-0.4, -0.2) is 59.9 Å². The van der Waals surface area contributed by atoms with Crippen LogP contribution >= 0.6 is 11.3 Å². The number of nitrogens with two attached hydrogens (primary N) is 1. The van der Waals surface area contributed by atoms with E-state index in [9.17, 15) is 9.59 Å². The first-order valence-corrected chi connectivity index (χ1v) is 12.7. The number of carbonyl (C=O) groups excluding carboxylic acids is 2. The monoisotopic (exact) mass is 470 g/mol. The number of carbonyl (C=O) groups is 2. The maximum absolute atomic E-state index is 13.4. The second-order valence-electron chi connectivity index (χ2n) is 9.47. The molecular formula is C26H38N4O2S. The first-order chi connectivity index (χ1) is 15.8. The van der Waals surface area contributed by atoms with Crippen molar-refractivity contribution in [3.63, 3.8) is 0 Å². The predicted molar refractivity (Wildman–Crippen MR) is 135 cm³/mol. The molecule has 1 unspecified atom stereocenters. The molecule has 3 rings (SSSR count). The molecular weight excluding hydrogens is 432 g/mol. The van der Waals surface area contributed by atoms with Crippen molar-refractivity contribution in [3.05, 3.63) is 57.3 Å². The zero-order chi connectivity index (χ0) is 24.0. The number of likely N-dealkylation sites (tertiary alicyclic amines) is 1. The molecule has 2 atom stereocenters. The van der Waals surface area contributed by atoms with Crippen LogP contribution in [0.1, 0.15) is 52.4 Å². The molecule has 3 N–H and O–H groups in total. The van der Waals surface area contributed by atoms with Crippen LogP contribution in [0.4, 0.5) is 0 Å². The van der Waals surface area contributed by atoms with E-state index in [4.69, 9.17) is 5.73 Å².